The fraction of sp³-hybridized carbons (Fsp3) is 0.474. The number of aromatic nitrogens is 2. The third-order valence-corrected chi connectivity index (χ3v) is 4.77. The number of carbonyl (C=O) groups excluding carboxylic acids is 1. The average molecular weight is 311 g/mol. The van der Waals surface area contributed by atoms with Gasteiger partial charge in [0.2, 0.25) is 5.91 Å². The summed E-state index contributed by atoms with van der Waals surface area (Å²) in [4.78, 5) is 14.3. The monoisotopic (exact) mass is 311 g/mol. The number of likely N-dealkylation sites (tertiary alicyclic amines) is 1. The topological polar surface area (TPSA) is 38.1 Å². The molecule has 0 aliphatic carbocycles. The van der Waals surface area contributed by atoms with Gasteiger partial charge in [-0.15, -0.1) is 0 Å². The molecule has 1 amide bonds. The summed E-state index contributed by atoms with van der Waals surface area (Å²) in [5.74, 6) is 0.252. The standard InChI is InChI=1S/C19H25N3O/c1-3-11-22-14-16(12-20-22)13-21-15-19(2,10-9-18(21)23)17-7-5-4-6-8-17/h4-8,12,14H,3,9-11,13,15H2,1-2H3/t19-/m1/s1. The van der Waals surface area contributed by atoms with Crippen LogP contribution in [0.2, 0.25) is 0 Å². The Morgan fingerprint density at radius 1 is 1.26 bits per heavy atom. The molecule has 1 aliphatic heterocycles. The van der Waals surface area contributed by atoms with E-state index in [-0.39, 0.29) is 11.3 Å². The van der Waals surface area contributed by atoms with E-state index in [0.717, 1.165) is 31.5 Å². The van der Waals surface area contributed by atoms with Crippen molar-refractivity contribution in [1.82, 2.24) is 14.7 Å². The summed E-state index contributed by atoms with van der Waals surface area (Å²) in [6.07, 6.45) is 6.55. The van der Waals surface area contributed by atoms with Gasteiger partial charge in [0, 0.05) is 43.2 Å². The minimum Gasteiger partial charge on any atom is -0.337 e. The molecule has 1 atom stereocenters. The van der Waals surface area contributed by atoms with Crippen LogP contribution in [-0.2, 0) is 23.3 Å². The molecule has 3 rings (SSSR count). The highest BCUT2D eigenvalue weighted by molar-refractivity contribution is 5.77. The number of benzene rings is 1. The minimum absolute atomic E-state index is 0.0363. The molecule has 0 unspecified atom stereocenters. The Morgan fingerprint density at radius 3 is 2.78 bits per heavy atom. The fourth-order valence-electron chi connectivity index (χ4n) is 3.41. The summed E-state index contributed by atoms with van der Waals surface area (Å²) < 4.78 is 1.96. The molecule has 23 heavy (non-hydrogen) atoms. The summed E-state index contributed by atoms with van der Waals surface area (Å²) >= 11 is 0. The van der Waals surface area contributed by atoms with E-state index in [1.807, 2.05) is 21.8 Å². The van der Waals surface area contributed by atoms with E-state index >= 15 is 0 Å². The second kappa shape index (κ2) is 6.57. The van der Waals surface area contributed by atoms with E-state index in [2.05, 4.69) is 49.4 Å². The Labute approximate surface area is 138 Å². The molecule has 0 spiro atoms. The van der Waals surface area contributed by atoms with Crippen LogP contribution in [-0.4, -0.2) is 27.1 Å². The van der Waals surface area contributed by atoms with E-state index in [9.17, 15) is 4.79 Å². The van der Waals surface area contributed by atoms with Gasteiger partial charge in [0.15, 0.2) is 0 Å². The number of nitrogens with zero attached hydrogens (tertiary/aromatic N) is 3. The lowest BCUT2D eigenvalue weighted by Crippen LogP contribution is -2.46. The molecule has 122 valence electrons. The second-order valence-corrected chi connectivity index (χ2v) is 6.79. The van der Waals surface area contributed by atoms with Crippen molar-refractivity contribution in [3.8, 4) is 0 Å². The third kappa shape index (κ3) is 3.46. The molecular formula is C19H25N3O. The van der Waals surface area contributed by atoms with Gasteiger partial charge < -0.3 is 4.90 Å². The Morgan fingerprint density at radius 2 is 2.04 bits per heavy atom. The van der Waals surface area contributed by atoms with Gasteiger partial charge in [0.25, 0.3) is 0 Å². The molecule has 1 aliphatic rings. The molecule has 4 nitrogen and oxygen atoms in total. The van der Waals surface area contributed by atoms with Crippen molar-refractivity contribution in [1.29, 1.82) is 0 Å². The number of piperidine rings is 1. The number of hydrogen-bond acceptors (Lipinski definition) is 2. The van der Waals surface area contributed by atoms with Crippen molar-refractivity contribution in [2.24, 2.45) is 0 Å². The molecule has 0 bridgehead atoms. The van der Waals surface area contributed by atoms with E-state index in [1.165, 1.54) is 5.56 Å². The van der Waals surface area contributed by atoms with Crippen molar-refractivity contribution < 1.29 is 4.79 Å². The first-order valence-electron chi connectivity index (χ1n) is 8.45. The molecule has 2 aromatic rings. The Bertz CT molecular complexity index is 664. The maximum Gasteiger partial charge on any atom is 0.222 e. The van der Waals surface area contributed by atoms with Gasteiger partial charge in [-0.3, -0.25) is 9.48 Å². The summed E-state index contributed by atoms with van der Waals surface area (Å²) in [6, 6.07) is 10.5. The first-order chi connectivity index (χ1) is 11.1. The Balaban J connectivity index is 1.74. The van der Waals surface area contributed by atoms with Gasteiger partial charge in [-0.05, 0) is 18.4 Å². The second-order valence-electron chi connectivity index (χ2n) is 6.79. The van der Waals surface area contributed by atoms with Crippen LogP contribution in [0.15, 0.2) is 42.7 Å². The van der Waals surface area contributed by atoms with E-state index < -0.39 is 0 Å². The number of carbonyl (C=O) groups is 1. The van der Waals surface area contributed by atoms with Crippen LogP contribution in [0.5, 0.6) is 0 Å². The number of aryl methyl sites for hydroxylation is 1. The van der Waals surface area contributed by atoms with Gasteiger partial charge in [-0.2, -0.15) is 5.10 Å². The lowest BCUT2D eigenvalue weighted by Gasteiger charge is -2.40. The molecular weight excluding hydrogens is 286 g/mol. The SMILES string of the molecule is CCCn1cc(CN2C[C@](C)(c3ccccc3)CCC2=O)cn1. The van der Waals surface area contributed by atoms with Crippen LogP contribution in [0.25, 0.3) is 0 Å². The number of hydrogen-bond donors (Lipinski definition) is 0. The Hall–Kier alpha value is -2.10. The predicted molar refractivity (Wildman–Crippen MR) is 91.0 cm³/mol. The van der Waals surface area contributed by atoms with Gasteiger partial charge in [-0.1, -0.05) is 44.2 Å². The summed E-state index contributed by atoms with van der Waals surface area (Å²) in [7, 11) is 0. The number of rotatable bonds is 5. The van der Waals surface area contributed by atoms with Crippen LogP contribution in [0.4, 0.5) is 0 Å². The summed E-state index contributed by atoms with van der Waals surface area (Å²) in [5.41, 5.74) is 2.47. The molecule has 1 aromatic heterocycles. The van der Waals surface area contributed by atoms with Crippen LogP contribution < -0.4 is 0 Å². The maximum atomic E-state index is 12.3. The van der Waals surface area contributed by atoms with Crippen molar-refractivity contribution in [3.05, 3.63) is 53.9 Å². The summed E-state index contributed by atoms with van der Waals surface area (Å²) in [5, 5.41) is 4.37. The van der Waals surface area contributed by atoms with Crippen LogP contribution in [0, 0.1) is 0 Å². The zero-order valence-electron chi connectivity index (χ0n) is 14.0. The lowest BCUT2D eigenvalue weighted by molar-refractivity contribution is -0.136. The van der Waals surface area contributed by atoms with E-state index in [0.29, 0.717) is 13.0 Å². The third-order valence-electron chi connectivity index (χ3n) is 4.77. The zero-order chi connectivity index (χ0) is 16.3. The van der Waals surface area contributed by atoms with Gasteiger partial charge in [-0.25, -0.2) is 0 Å². The van der Waals surface area contributed by atoms with E-state index in [4.69, 9.17) is 0 Å². The molecule has 1 fully saturated rings. The van der Waals surface area contributed by atoms with Crippen LogP contribution in [0.3, 0.4) is 0 Å². The molecule has 2 heterocycles. The average Bonchev–Trinajstić information content (AvgIpc) is 3.00. The van der Waals surface area contributed by atoms with Gasteiger partial charge in [0.1, 0.15) is 0 Å². The van der Waals surface area contributed by atoms with Crippen LogP contribution >= 0.6 is 0 Å². The Kier molecular flexibility index (Phi) is 4.51. The van der Waals surface area contributed by atoms with Crippen molar-refractivity contribution in [3.63, 3.8) is 0 Å². The lowest BCUT2D eigenvalue weighted by atomic mass is 9.75. The highest BCUT2D eigenvalue weighted by Gasteiger charge is 2.36. The maximum absolute atomic E-state index is 12.3. The normalized spacial score (nSPS) is 21.7. The molecule has 4 heteroatoms. The fourth-order valence-corrected chi connectivity index (χ4v) is 3.41. The largest absolute Gasteiger partial charge is 0.337 e. The molecule has 1 aromatic carbocycles. The molecule has 0 saturated carbocycles. The first kappa shape index (κ1) is 15.8. The molecule has 1 saturated heterocycles. The van der Waals surface area contributed by atoms with Crippen molar-refractivity contribution in [2.45, 2.75) is 51.6 Å². The number of amides is 1. The highest BCUT2D eigenvalue weighted by atomic mass is 16.2. The smallest absolute Gasteiger partial charge is 0.222 e. The van der Waals surface area contributed by atoms with Gasteiger partial charge >= 0.3 is 0 Å². The molecule has 0 N–H and O–H groups in total. The van der Waals surface area contributed by atoms with Crippen molar-refractivity contribution >= 4 is 5.91 Å². The predicted octanol–water partition coefficient (Wildman–Crippen LogP) is 3.37. The van der Waals surface area contributed by atoms with Gasteiger partial charge in [0.05, 0.1) is 6.20 Å². The highest BCUT2D eigenvalue weighted by Crippen LogP contribution is 2.34. The molecule has 0 radical (unpaired) electrons. The zero-order valence-corrected chi connectivity index (χ0v) is 14.0. The van der Waals surface area contributed by atoms with E-state index in [1.54, 1.807) is 0 Å². The summed E-state index contributed by atoms with van der Waals surface area (Å²) in [6.45, 7) is 6.76. The van der Waals surface area contributed by atoms with Crippen LogP contribution in [0.1, 0.15) is 44.2 Å². The van der Waals surface area contributed by atoms with Crippen molar-refractivity contribution in [2.75, 3.05) is 6.54 Å². The first-order valence-corrected chi connectivity index (χ1v) is 8.45. The quantitative estimate of drug-likeness (QED) is 0.849. The minimum atomic E-state index is 0.0363.